The molecule has 2 aromatic heterocycles. The number of hydrogen-bond acceptors (Lipinski definition) is 7. The Labute approximate surface area is 194 Å². The van der Waals surface area contributed by atoms with E-state index in [4.69, 9.17) is 14.2 Å². The molecular weight excluding hydrogens is 442 g/mol. The highest BCUT2D eigenvalue weighted by molar-refractivity contribution is 7.13. The highest BCUT2D eigenvalue weighted by Crippen LogP contribution is 2.35. The Kier molecular flexibility index (Phi) is 5.97. The molecule has 0 radical (unpaired) electrons. The lowest BCUT2D eigenvalue weighted by atomic mass is 10.2. The zero-order chi connectivity index (χ0) is 22.6. The normalized spacial score (nSPS) is 13.0. The standard InChI is InChI=1S/C24H21N3O5S/c28-17(14-30-18-8-9-20-21(11-18)32-15-31-20)12-25-24(29)19-13-27(16-5-2-1-3-6-16)26-23(19)22-7-4-10-33-22/h1-11,13,17,28H,12,14-15H2,(H,25,29). The maximum absolute atomic E-state index is 13.0. The van der Waals surface area contributed by atoms with E-state index in [1.54, 1.807) is 29.1 Å². The molecule has 2 aromatic carbocycles. The molecule has 0 aliphatic carbocycles. The summed E-state index contributed by atoms with van der Waals surface area (Å²) >= 11 is 1.51. The van der Waals surface area contributed by atoms with Crippen molar-refractivity contribution < 1.29 is 24.1 Å². The Hall–Kier alpha value is -3.82. The molecule has 1 atom stereocenters. The van der Waals surface area contributed by atoms with Crippen LogP contribution in [0.25, 0.3) is 16.3 Å². The third-order valence-corrected chi connectivity index (χ3v) is 5.90. The molecule has 0 fully saturated rings. The molecule has 1 unspecified atom stereocenters. The van der Waals surface area contributed by atoms with Gasteiger partial charge in [0.05, 0.1) is 16.1 Å². The summed E-state index contributed by atoms with van der Waals surface area (Å²) in [5.74, 6) is 1.50. The van der Waals surface area contributed by atoms with Crippen LogP contribution in [0.1, 0.15) is 10.4 Å². The van der Waals surface area contributed by atoms with Crippen molar-refractivity contribution in [1.29, 1.82) is 0 Å². The van der Waals surface area contributed by atoms with Crippen LogP contribution in [0.15, 0.2) is 72.2 Å². The first-order valence-electron chi connectivity index (χ1n) is 10.3. The molecule has 1 aliphatic rings. The van der Waals surface area contributed by atoms with Crippen molar-refractivity contribution >= 4 is 17.2 Å². The number of benzene rings is 2. The summed E-state index contributed by atoms with van der Waals surface area (Å²) in [4.78, 5) is 13.9. The summed E-state index contributed by atoms with van der Waals surface area (Å²) in [5, 5.41) is 19.7. The second kappa shape index (κ2) is 9.35. The number of ether oxygens (including phenoxy) is 3. The number of rotatable bonds is 8. The van der Waals surface area contributed by atoms with E-state index in [0.29, 0.717) is 28.5 Å². The molecule has 5 rings (SSSR count). The molecular formula is C24H21N3O5S. The number of hydrogen-bond donors (Lipinski definition) is 2. The van der Waals surface area contributed by atoms with Gasteiger partial charge < -0.3 is 24.6 Å². The first-order chi connectivity index (χ1) is 16.2. The van der Waals surface area contributed by atoms with Crippen LogP contribution in [0.4, 0.5) is 0 Å². The fourth-order valence-electron chi connectivity index (χ4n) is 3.37. The van der Waals surface area contributed by atoms with Gasteiger partial charge in [-0.15, -0.1) is 11.3 Å². The van der Waals surface area contributed by atoms with Gasteiger partial charge in [0.15, 0.2) is 11.5 Å². The van der Waals surface area contributed by atoms with Crippen molar-refractivity contribution in [2.45, 2.75) is 6.10 Å². The smallest absolute Gasteiger partial charge is 0.255 e. The summed E-state index contributed by atoms with van der Waals surface area (Å²) in [5.41, 5.74) is 1.88. The number of aromatic nitrogens is 2. The SMILES string of the molecule is O=C(NCC(O)COc1ccc2c(c1)OCO2)c1cn(-c2ccccc2)nc1-c1cccs1. The van der Waals surface area contributed by atoms with Crippen LogP contribution < -0.4 is 19.5 Å². The maximum Gasteiger partial charge on any atom is 0.255 e. The quantitative estimate of drug-likeness (QED) is 0.415. The van der Waals surface area contributed by atoms with Crippen molar-refractivity contribution in [3.63, 3.8) is 0 Å². The minimum absolute atomic E-state index is 0.0149. The average molecular weight is 464 g/mol. The summed E-state index contributed by atoms with van der Waals surface area (Å²) < 4.78 is 17.9. The van der Waals surface area contributed by atoms with E-state index in [0.717, 1.165) is 10.6 Å². The number of amides is 1. The Bertz CT molecular complexity index is 1240. The first-order valence-corrected chi connectivity index (χ1v) is 11.2. The Morgan fingerprint density at radius 1 is 1.15 bits per heavy atom. The van der Waals surface area contributed by atoms with Gasteiger partial charge in [-0.2, -0.15) is 5.10 Å². The number of fused-ring (bicyclic) bond motifs is 1. The van der Waals surface area contributed by atoms with Gasteiger partial charge in [0.25, 0.3) is 5.91 Å². The second-order valence-electron chi connectivity index (χ2n) is 7.34. The summed E-state index contributed by atoms with van der Waals surface area (Å²) in [6.45, 7) is 0.229. The van der Waals surface area contributed by atoms with E-state index in [2.05, 4.69) is 10.4 Å². The van der Waals surface area contributed by atoms with Gasteiger partial charge in [0, 0.05) is 18.8 Å². The molecule has 8 nitrogen and oxygen atoms in total. The predicted octanol–water partition coefficient (Wildman–Crippen LogP) is 3.50. The van der Waals surface area contributed by atoms with E-state index in [1.807, 2.05) is 47.8 Å². The second-order valence-corrected chi connectivity index (χ2v) is 8.29. The van der Waals surface area contributed by atoms with Crippen LogP contribution in [0.2, 0.25) is 0 Å². The van der Waals surface area contributed by atoms with Crippen LogP contribution in [0.3, 0.4) is 0 Å². The number of carbonyl (C=O) groups excluding carboxylic acids is 1. The van der Waals surface area contributed by atoms with Crippen molar-refractivity contribution in [2.24, 2.45) is 0 Å². The minimum atomic E-state index is -0.895. The Balaban J connectivity index is 1.24. The lowest BCUT2D eigenvalue weighted by Gasteiger charge is -2.13. The molecule has 2 N–H and O–H groups in total. The zero-order valence-corrected chi connectivity index (χ0v) is 18.3. The van der Waals surface area contributed by atoms with Crippen LogP contribution in [0.5, 0.6) is 17.2 Å². The molecule has 9 heteroatoms. The van der Waals surface area contributed by atoms with Crippen molar-refractivity contribution in [1.82, 2.24) is 15.1 Å². The van der Waals surface area contributed by atoms with Gasteiger partial charge in [-0.1, -0.05) is 24.3 Å². The number of aliphatic hydroxyl groups excluding tert-OH is 1. The molecule has 0 spiro atoms. The fourth-order valence-corrected chi connectivity index (χ4v) is 4.10. The molecule has 1 amide bonds. The molecule has 1 aliphatic heterocycles. The lowest BCUT2D eigenvalue weighted by Crippen LogP contribution is -2.35. The van der Waals surface area contributed by atoms with Crippen molar-refractivity contribution in [3.8, 4) is 33.5 Å². The van der Waals surface area contributed by atoms with Gasteiger partial charge in [0.2, 0.25) is 6.79 Å². The topological polar surface area (TPSA) is 94.8 Å². The largest absolute Gasteiger partial charge is 0.491 e. The van der Waals surface area contributed by atoms with Crippen LogP contribution in [-0.2, 0) is 0 Å². The molecule has 0 bridgehead atoms. The highest BCUT2D eigenvalue weighted by atomic mass is 32.1. The molecule has 0 saturated carbocycles. The number of para-hydroxylation sites is 1. The van der Waals surface area contributed by atoms with Crippen molar-refractivity contribution in [3.05, 3.63) is 77.8 Å². The number of nitrogens with zero attached hydrogens (tertiary/aromatic N) is 2. The Morgan fingerprint density at radius 3 is 2.82 bits per heavy atom. The van der Waals surface area contributed by atoms with Gasteiger partial charge in [-0.25, -0.2) is 4.68 Å². The van der Waals surface area contributed by atoms with Gasteiger partial charge in [-0.3, -0.25) is 4.79 Å². The van der Waals surface area contributed by atoms with E-state index in [9.17, 15) is 9.90 Å². The monoisotopic (exact) mass is 463 g/mol. The fraction of sp³-hybridized carbons (Fsp3) is 0.167. The Morgan fingerprint density at radius 2 is 2.00 bits per heavy atom. The maximum atomic E-state index is 13.0. The van der Waals surface area contributed by atoms with Gasteiger partial charge in [-0.05, 0) is 35.7 Å². The molecule has 0 saturated heterocycles. The van der Waals surface area contributed by atoms with E-state index in [1.165, 1.54) is 11.3 Å². The predicted molar refractivity (Wildman–Crippen MR) is 123 cm³/mol. The molecule has 3 heterocycles. The summed E-state index contributed by atoms with van der Waals surface area (Å²) in [7, 11) is 0. The zero-order valence-electron chi connectivity index (χ0n) is 17.5. The van der Waals surface area contributed by atoms with E-state index >= 15 is 0 Å². The number of thiophene rings is 1. The van der Waals surface area contributed by atoms with Crippen LogP contribution in [-0.4, -0.2) is 46.8 Å². The third-order valence-electron chi connectivity index (χ3n) is 5.02. The minimum Gasteiger partial charge on any atom is -0.491 e. The van der Waals surface area contributed by atoms with Gasteiger partial charge >= 0.3 is 0 Å². The molecule has 33 heavy (non-hydrogen) atoms. The molecule has 4 aromatic rings. The number of carbonyl (C=O) groups is 1. The number of nitrogens with one attached hydrogen (secondary N) is 1. The average Bonchev–Trinajstić information content (AvgIpc) is 3.61. The first kappa shape index (κ1) is 21.0. The van der Waals surface area contributed by atoms with E-state index in [-0.39, 0.29) is 25.9 Å². The lowest BCUT2D eigenvalue weighted by molar-refractivity contribution is 0.0844. The highest BCUT2D eigenvalue weighted by Gasteiger charge is 2.20. The number of aliphatic hydroxyl groups is 1. The van der Waals surface area contributed by atoms with E-state index < -0.39 is 6.10 Å². The molecule has 168 valence electrons. The summed E-state index contributed by atoms with van der Waals surface area (Å²) in [6, 6.07) is 18.6. The van der Waals surface area contributed by atoms with Gasteiger partial charge in [0.1, 0.15) is 24.2 Å². The third kappa shape index (κ3) is 4.69. The van der Waals surface area contributed by atoms with Crippen molar-refractivity contribution in [2.75, 3.05) is 19.9 Å². The summed E-state index contributed by atoms with van der Waals surface area (Å²) in [6.07, 6.45) is 0.809. The van der Waals surface area contributed by atoms with Crippen LogP contribution >= 0.6 is 11.3 Å². The van der Waals surface area contributed by atoms with Crippen LogP contribution in [0, 0.1) is 0 Å².